The Morgan fingerprint density at radius 2 is 2.09 bits per heavy atom. The summed E-state index contributed by atoms with van der Waals surface area (Å²) in [4.78, 5) is 20.4. The summed E-state index contributed by atoms with van der Waals surface area (Å²) in [5.74, 6) is 1.77. The molecule has 7 heteroatoms. The Labute approximate surface area is 133 Å². The summed E-state index contributed by atoms with van der Waals surface area (Å²) in [6.45, 7) is 5.11. The van der Waals surface area contributed by atoms with Crippen LogP contribution in [0.15, 0.2) is 28.8 Å². The van der Waals surface area contributed by atoms with Gasteiger partial charge in [0.05, 0.1) is 17.5 Å². The summed E-state index contributed by atoms with van der Waals surface area (Å²) >= 11 is 0. The van der Waals surface area contributed by atoms with E-state index in [0.29, 0.717) is 18.3 Å². The van der Waals surface area contributed by atoms with Gasteiger partial charge in [-0.2, -0.15) is 4.98 Å². The molecule has 0 unspecified atom stereocenters. The van der Waals surface area contributed by atoms with Crippen molar-refractivity contribution in [3.05, 3.63) is 41.8 Å². The Kier molecular flexibility index (Phi) is 4.36. The fourth-order valence-corrected chi connectivity index (χ4v) is 2.56. The standard InChI is InChI=1S/C16H19N5O2/c1-11-18-13-6-3-4-7-14(13)21(11)9-5-8-17-16(22)10-15-19-12(2)23-20-15/h3-4,6-7H,5,8-10H2,1-2H3,(H,17,22). The summed E-state index contributed by atoms with van der Waals surface area (Å²) in [5.41, 5.74) is 2.13. The van der Waals surface area contributed by atoms with Crippen molar-refractivity contribution in [2.24, 2.45) is 0 Å². The van der Waals surface area contributed by atoms with E-state index in [4.69, 9.17) is 4.52 Å². The molecular weight excluding hydrogens is 294 g/mol. The van der Waals surface area contributed by atoms with Gasteiger partial charge < -0.3 is 14.4 Å². The molecule has 3 rings (SSSR count). The van der Waals surface area contributed by atoms with Crippen molar-refractivity contribution in [1.82, 2.24) is 25.0 Å². The van der Waals surface area contributed by atoms with Gasteiger partial charge in [0.1, 0.15) is 5.82 Å². The van der Waals surface area contributed by atoms with E-state index in [1.54, 1.807) is 6.92 Å². The van der Waals surface area contributed by atoms with E-state index in [1.807, 2.05) is 25.1 Å². The number of para-hydroxylation sites is 2. The smallest absolute Gasteiger partial charge is 0.227 e. The highest BCUT2D eigenvalue weighted by molar-refractivity contribution is 5.77. The van der Waals surface area contributed by atoms with Crippen LogP contribution in [-0.4, -0.2) is 32.1 Å². The number of nitrogens with zero attached hydrogens (tertiary/aromatic N) is 4. The zero-order chi connectivity index (χ0) is 16.2. The van der Waals surface area contributed by atoms with Gasteiger partial charge in [-0.3, -0.25) is 4.79 Å². The first-order valence-corrected chi connectivity index (χ1v) is 7.61. The molecule has 0 radical (unpaired) electrons. The normalized spacial score (nSPS) is 11.0. The molecule has 1 amide bonds. The number of aryl methyl sites for hydroxylation is 3. The lowest BCUT2D eigenvalue weighted by molar-refractivity contribution is -0.120. The zero-order valence-corrected chi connectivity index (χ0v) is 13.2. The van der Waals surface area contributed by atoms with E-state index in [0.717, 1.165) is 29.8 Å². The lowest BCUT2D eigenvalue weighted by Crippen LogP contribution is -2.27. The molecule has 0 saturated carbocycles. The first-order chi connectivity index (χ1) is 11.1. The Morgan fingerprint density at radius 1 is 1.26 bits per heavy atom. The fraction of sp³-hybridized carbons (Fsp3) is 0.375. The molecule has 0 aliphatic heterocycles. The number of hydrogen-bond donors (Lipinski definition) is 1. The van der Waals surface area contributed by atoms with Gasteiger partial charge in [0.2, 0.25) is 11.8 Å². The molecule has 0 aliphatic carbocycles. The highest BCUT2D eigenvalue weighted by Gasteiger charge is 2.09. The average Bonchev–Trinajstić information content (AvgIpc) is 3.06. The molecule has 0 bridgehead atoms. The molecule has 2 aromatic heterocycles. The number of carbonyl (C=O) groups is 1. The second-order valence-corrected chi connectivity index (χ2v) is 5.41. The second-order valence-electron chi connectivity index (χ2n) is 5.41. The number of rotatable bonds is 6. The van der Waals surface area contributed by atoms with Crippen molar-refractivity contribution in [3.63, 3.8) is 0 Å². The third-order valence-electron chi connectivity index (χ3n) is 3.61. The minimum absolute atomic E-state index is 0.0991. The summed E-state index contributed by atoms with van der Waals surface area (Å²) < 4.78 is 7.01. The molecule has 0 saturated heterocycles. The van der Waals surface area contributed by atoms with E-state index in [2.05, 4.69) is 31.1 Å². The Bertz CT molecular complexity index is 821. The second kappa shape index (κ2) is 6.60. The number of hydrogen-bond acceptors (Lipinski definition) is 5. The number of carbonyl (C=O) groups excluding carboxylic acids is 1. The Morgan fingerprint density at radius 3 is 2.87 bits per heavy atom. The van der Waals surface area contributed by atoms with Crippen molar-refractivity contribution in [2.45, 2.75) is 33.2 Å². The van der Waals surface area contributed by atoms with Crippen LogP contribution in [0.1, 0.15) is 24.0 Å². The van der Waals surface area contributed by atoms with Crippen molar-refractivity contribution in [2.75, 3.05) is 6.54 Å². The average molecular weight is 313 g/mol. The van der Waals surface area contributed by atoms with E-state index < -0.39 is 0 Å². The molecule has 23 heavy (non-hydrogen) atoms. The van der Waals surface area contributed by atoms with Crippen LogP contribution >= 0.6 is 0 Å². The van der Waals surface area contributed by atoms with E-state index in [9.17, 15) is 4.79 Å². The van der Waals surface area contributed by atoms with Crippen molar-refractivity contribution >= 4 is 16.9 Å². The number of benzene rings is 1. The van der Waals surface area contributed by atoms with E-state index >= 15 is 0 Å². The molecule has 0 fully saturated rings. The number of fused-ring (bicyclic) bond motifs is 1. The molecule has 0 spiro atoms. The topological polar surface area (TPSA) is 85.8 Å². The molecule has 0 atom stereocenters. The van der Waals surface area contributed by atoms with Gasteiger partial charge in [-0.15, -0.1) is 0 Å². The predicted octanol–water partition coefficient (Wildman–Crippen LogP) is 1.79. The van der Waals surface area contributed by atoms with Crippen LogP contribution in [0.3, 0.4) is 0 Å². The van der Waals surface area contributed by atoms with Gasteiger partial charge in [-0.1, -0.05) is 17.3 Å². The molecular formula is C16H19N5O2. The SMILES string of the molecule is Cc1nc(CC(=O)NCCCn2c(C)nc3ccccc32)no1. The Balaban J connectivity index is 1.49. The van der Waals surface area contributed by atoms with Crippen LogP contribution < -0.4 is 5.32 Å². The maximum absolute atomic E-state index is 11.8. The highest BCUT2D eigenvalue weighted by atomic mass is 16.5. The molecule has 7 nitrogen and oxygen atoms in total. The van der Waals surface area contributed by atoms with Gasteiger partial charge in [-0.05, 0) is 25.5 Å². The number of imidazole rings is 1. The lowest BCUT2D eigenvalue weighted by atomic mass is 10.3. The van der Waals surface area contributed by atoms with Crippen LogP contribution in [0, 0.1) is 13.8 Å². The van der Waals surface area contributed by atoms with Gasteiger partial charge >= 0.3 is 0 Å². The quantitative estimate of drug-likeness (QED) is 0.701. The van der Waals surface area contributed by atoms with Gasteiger partial charge in [0.25, 0.3) is 0 Å². The number of nitrogens with one attached hydrogen (secondary N) is 1. The molecule has 0 aliphatic rings. The molecule has 1 N–H and O–H groups in total. The largest absolute Gasteiger partial charge is 0.356 e. The van der Waals surface area contributed by atoms with E-state index in [-0.39, 0.29) is 12.3 Å². The molecule has 1 aromatic carbocycles. The van der Waals surface area contributed by atoms with Crippen LogP contribution in [0.5, 0.6) is 0 Å². The first kappa shape index (κ1) is 15.2. The summed E-state index contributed by atoms with van der Waals surface area (Å²) in [6.07, 6.45) is 0.975. The number of aromatic nitrogens is 4. The maximum Gasteiger partial charge on any atom is 0.227 e. The van der Waals surface area contributed by atoms with Gasteiger partial charge in [-0.25, -0.2) is 4.98 Å². The predicted molar refractivity (Wildman–Crippen MR) is 84.8 cm³/mol. The number of amides is 1. The van der Waals surface area contributed by atoms with Crippen molar-refractivity contribution < 1.29 is 9.32 Å². The minimum atomic E-state index is -0.0991. The fourth-order valence-electron chi connectivity index (χ4n) is 2.56. The third-order valence-corrected chi connectivity index (χ3v) is 3.61. The van der Waals surface area contributed by atoms with Gasteiger partial charge in [0, 0.05) is 20.0 Å². The summed E-state index contributed by atoms with van der Waals surface area (Å²) in [5, 5.41) is 6.59. The summed E-state index contributed by atoms with van der Waals surface area (Å²) in [6, 6.07) is 8.06. The van der Waals surface area contributed by atoms with E-state index in [1.165, 1.54) is 0 Å². The lowest BCUT2D eigenvalue weighted by Gasteiger charge is -2.07. The highest BCUT2D eigenvalue weighted by Crippen LogP contribution is 2.15. The molecule has 2 heterocycles. The molecule has 120 valence electrons. The van der Waals surface area contributed by atoms with Crippen LogP contribution in [-0.2, 0) is 17.8 Å². The van der Waals surface area contributed by atoms with Crippen molar-refractivity contribution in [1.29, 1.82) is 0 Å². The van der Waals surface area contributed by atoms with Crippen LogP contribution in [0.2, 0.25) is 0 Å². The van der Waals surface area contributed by atoms with Crippen LogP contribution in [0.25, 0.3) is 11.0 Å². The summed E-state index contributed by atoms with van der Waals surface area (Å²) in [7, 11) is 0. The van der Waals surface area contributed by atoms with Gasteiger partial charge in [0.15, 0.2) is 5.82 Å². The monoisotopic (exact) mass is 313 g/mol. The third kappa shape index (κ3) is 3.56. The Hall–Kier alpha value is -2.70. The minimum Gasteiger partial charge on any atom is -0.356 e. The first-order valence-electron chi connectivity index (χ1n) is 7.61. The maximum atomic E-state index is 11.8. The molecule has 3 aromatic rings. The zero-order valence-electron chi connectivity index (χ0n) is 13.2. The van der Waals surface area contributed by atoms with Crippen molar-refractivity contribution in [3.8, 4) is 0 Å². The van der Waals surface area contributed by atoms with Crippen LogP contribution in [0.4, 0.5) is 0 Å².